The Labute approximate surface area is 117 Å². The minimum absolute atomic E-state index is 0.283. The molecule has 0 saturated heterocycles. The fourth-order valence-corrected chi connectivity index (χ4v) is 2.30. The zero-order valence-electron chi connectivity index (χ0n) is 10.5. The van der Waals surface area contributed by atoms with Gasteiger partial charge in [-0.1, -0.05) is 47.5 Å². The van der Waals surface area contributed by atoms with E-state index in [2.05, 4.69) is 6.07 Å². The van der Waals surface area contributed by atoms with E-state index in [1.807, 2.05) is 31.2 Å². The van der Waals surface area contributed by atoms with Gasteiger partial charge in [0.2, 0.25) is 0 Å². The minimum Gasteiger partial charge on any atom is -0.207 e. The van der Waals surface area contributed by atoms with Crippen LogP contribution in [0.25, 0.3) is 0 Å². The quantitative estimate of drug-likeness (QED) is 0.799. The molecule has 0 spiro atoms. The Hall–Kier alpha value is -1.85. The molecule has 0 aromatic heterocycles. The third kappa shape index (κ3) is 3.13. The van der Waals surface area contributed by atoms with E-state index in [4.69, 9.17) is 11.6 Å². The lowest BCUT2D eigenvalue weighted by Gasteiger charge is -2.12. The van der Waals surface area contributed by atoms with E-state index in [-0.39, 0.29) is 12.2 Å². The molecule has 1 atom stereocenters. The molecule has 0 bridgehead atoms. The molecule has 0 fully saturated rings. The van der Waals surface area contributed by atoms with Crippen LogP contribution in [0.4, 0.5) is 4.39 Å². The molecule has 19 heavy (non-hydrogen) atoms. The summed E-state index contributed by atoms with van der Waals surface area (Å²) in [5.41, 5.74) is 2.37. The highest BCUT2D eigenvalue weighted by molar-refractivity contribution is 6.31. The average molecular weight is 274 g/mol. The van der Waals surface area contributed by atoms with E-state index in [0.717, 1.165) is 11.1 Å². The van der Waals surface area contributed by atoms with E-state index in [1.165, 1.54) is 6.07 Å². The lowest BCUT2D eigenvalue weighted by atomic mass is 9.92. The van der Waals surface area contributed by atoms with Crippen molar-refractivity contribution in [2.75, 3.05) is 0 Å². The smallest absolute Gasteiger partial charge is 0.127 e. The van der Waals surface area contributed by atoms with Crippen LogP contribution in [0.3, 0.4) is 0 Å². The van der Waals surface area contributed by atoms with E-state index >= 15 is 0 Å². The lowest BCUT2D eigenvalue weighted by Crippen LogP contribution is -2.03. The summed E-state index contributed by atoms with van der Waals surface area (Å²) in [6.07, 6.45) is 0.283. The van der Waals surface area contributed by atoms with Crippen molar-refractivity contribution in [3.8, 4) is 6.07 Å². The Morgan fingerprint density at radius 2 is 2.00 bits per heavy atom. The Balaban J connectivity index is 2.33. The summed E-state index contributed by atoms with van der Waals surface area (Å²) in [6, 6.07) is 14.5. The molecule has 0 heterocycles. The van der Waals surface area contributed by atoms with Gasteiger partial charge in [-0.05, 0) is 31.0 Å². The van der Waals surface area contributed by atoms with Crippen molar-refractivity contribution in [2.45, 2.75) is 19.3 Å². The van der Waals surface area contributed by atoms with Gasteiger partial charge in [0.1, 0.15) is 5.82 Å². The van der Waals surface area contributed by atoms with E-state index in [0.29, 0.717) is 10.6 Å². The number of nitriles is 1. The number of aryl methyl sites for hydroxylation is 1. The molecule has 0 aliphatic carbocycles. The predicted octanol–water partition coefficient (Wildman–Crippen LogP) is 4.64. The first kappa shape index (κ1) is 13.6. The van der Waals surface area contributed by atoms with Crippen molar-refractivity contribution in [1.29, 1.82) is 5.26 Å². The van der Waals surface area contributed by atoms with Crippen molar-refractivity contribution in [3.63, 3.8) is 0 Å². The number of nitrogens with zero attached hydrogens (tertiary/aromatic N) is 1. The van der Waals surface area contributed by atoms with Crippen LogP contribution in [0.5, 0.6) is 0 Å². The van der Waals surface area contributed by atoms with Gasteiger partial charge in [0.05, 0.1) is 12.0 Å². The van der Waals surface area contributed by atoms with Gasteiger partial charge < -0.3 is 0 Å². The maximum Gasteiger partial charge on any atom is 0.127 e. The van der Waals surface area contributed by atoms with Gasteiger partial charge in [-0.2, -0.15) is 5.26 Å². The van der Waals surface area contributed by atoms with E-state index in [9.17, 15) is 9.65 Å². The monoisotopic (exact) mass is 273 g/mol. The average Bonchev–Trinajstić information content (AvgIpc) is 2.38. The fourth-order valence-electron chi connectivity index (χ4n) is 2.06. The fraction of sp³-hybridized carbons (Fsp3) is 0.188. The summed E-state index contributed by atoms with van der Waals surface area (Å²) in [5.74, 6) is -0.755. The molecule has 96 valence electrons. The molecule has 0 amide bonds. The number of benzene rings is 2. The van der Waals surface area contributed by atoms with Crippen molar-refractivity contribution < 1.29 is 4.39 Å². The van der Waals surface area contributed by atoms with Crippen molar-refractivity contribution in [3.05, 3.63) is 70.0 Å². The van der Waals surface area contributed by atoms with Crippen LogP contribution in [0, 0.1) is 24.1 Å². The van der Waals surface area contributed by atoms with Gasteiger partial charge in [-0.15, -0.1) is 0 Å². The van der Waals surface area contributed by atoms with Gasteiger partial charge in [0.25, 0.3) is 0 Å². The maximum absolute atomic E-state index is 13.7. The highest BCUT2D eigenvalue weighted by Crippen LogP contribution is 2.27. The normalized spacial score (nSPS) is 11.9. The molecule has 1 unspecified atom stereocenters. The zero-order valence-corrected chi connectivity index (χ0v) is 11.3. The Kier molecular flexibility index (Phi) is 4.19. The second-order valence-corrected chi connectivity index (χ2v) is 4.91. The molecule has 2 aromatic carbocycles. The first-order valence-electron chi connectivity index (χ1n) is 6.01. The second-order valence-electron chi connectivity index (χ2n) is 4.50. The van der Waals surface area contributed by atoms with Crippen LogP contribution in [0.15, 0.2) is 42.5 Å². The van der Waals surface area contributed by atoms with E-state index < -0.39 is 5.92 Å². The molecule has 0 aliphatic rings. The first-order chi connectivity index (χ1) is 9.11. The number of halogens is 2. The van der Waals surface area contributed by atoms with Crippen LogP contribution in [-0.2, 0) is 6.42 Å². The van der Waals surface area contributed by atoms with Crippen LogP contribution in [0.2, 0.25) is 5.02 Å². The maximum atomic E-state index is 13.7. The Bertz CT molecular complexity index is 611. The second kappa shape index (κ2) is 5.86. The van der Waals surface area contributed by atoms with Crippen LogP contribution in [0.1, 0.15) is 22.6 Å². The summed E-state index contributed by atoms with van der Waals surface area (Å²) >= 11 is 6.00. The standard InChI is InChI=1S/C16H13ClFN/c1-11-4-2-5-12(8-11)13(10-19)9-14-15(17)6-3-7-16(14)18/h2-8,13H,9H2,1H3. The van der Waals surface area contributed by atoms with Gasteiger partial charge in [0, 0.05) is 10.6 Å². The highest BCUT2D eigenvalue weighted by atomic mass is 35.5. The van der Waals surface area contributed by atoms with Crippen molar-refractivity contribution in [2.24, 2.45) is 0 Å². The largest absolute Gasteiger partial charge is 0.207 e. The number of hydrogen-bond acceptors (Lipinski definition) is 1. The molecule has 2 aromatic rings. The predicted molar refractivity (Wildman–Crippen MR) is 74.6 cm³/mol. The van der Waals surface area contributed by atoms with Crippen LogP contribution >= 0.6 is 11.6 Å². The first-order valence-corrected chi connectivity index (χ1v) is 6.38. The molecule has 0 radical (unpaired) electrons. The third-order valence-electron chi connectivity index (χ3n) is 3.07. The van der Waals surface area contributed by atoms with Crippen molar-refractivity contribution in [1.82, 2.24) is 0 Å². The summed E-state index contributed by atoms with van der Waals surface area (Å²) in [4.78, 5) is 0. The Morgan fingerprint density at radius 1 is 1.26 bits per heavy atom. The summed E-state index contributed by atoms with van der Waals surface area (Å²) < 4.78 is 13.7. The van der Waals surface area contributed by atoms with Gasteiger partial charge in [-0.25, -0.2) is 4.39 Å². The number of hydrogen-bond donors (Lipinski definition) is 0. The molecule has 3 heteroatoms. The topological polar surface area (TPSA) is 23.8 Å². The van der Waals surface area contributed by atoms with Gasteiger partial charge in [0.15, 0.2) is 0 Å². The lowest BCUT2D eigenvalue weighted by molar-refractivity contribution is 0.604. The number of rotatable bonds is 3. The summed E-state index contributed by atoms with van der Waals surface area (Å²) in [6.45, 7) is 1.97. The molecular weight excluding hydrogens is 261 g/mol. The summed E-state index contributed by atoms with van der Waals surface area (Å²) in [5, 5.41) is 9.67. The van der Waals surface area contributed by atoms with Gasteiger partial charge >= 0.3 is 0 Å². The van der Waals surface area contributed by atoms with Crippen LogP contribution < -0.4 is 0 Å². The van der Waals surface area contributed by atoms with Crippen molar-refractivity contribution >= 4 is 11.6 Å². The molecule has 2 rings (SSSR count). The summed E-state index contributed by atoms with van der Waals surface area (Å²) in [7, 11) is 0. The van der Waals surface area contributed by atoms with E-state index in [1.54, 1.807) is 12.1 Å². The van der Waals surface area contributed by atoms with Crippen LogP contribution in [-0.4, -0.2) is 0 Å². The highest BCUT2D eigenvalue weighted by Gasteiger charge is 2.16. The van der Waals surface area contributed by atoms with Gasteiger partial charge in [-0.3, -0.25) is 0 Å². The SMILES string of the molecule is Cc1cccc(C(C#N)Cc2c(F)cccc2Cl)c1. The molecule has 0 N–H and O–H groups in total. The molecule has 1 nitrogen and oxygen atoms in total. The molecule has 0 saturated carbocycles. The zero-order chi connectivity index (χ0) is 13.8. The molecule has 0 aliphatic heterocycles. The minimum atomic E-state index is -0.394. The third-order valence-corrected chi connectivity index (χ3v) is 3.42. The molecular formula is C16H13ClFN. The Morgan fingerprint density at radius 3 is 2.63 bits per heavy atom.